The van der Waals surface area contributed by atoms with Crippen molar-refractivity contribution in [1.82, 2.24) is 10.1 Å². The van der Waals surface area contributed by atoms with Gasteiger partial charge in [-0.1, -0.05) is 18.1 Å². The molecule has 1 heterocycles. The molecule has 2 atom stereocenters. The molecule has 2 unspecified atom stereocenters. The fourth-order valence-corrected chi connectivity index (χ4v) is 2.06. The van der Waals surface area contributed by atoms with Gasteiger partial charge in [-0.25, -0.2) is 0 Å². The summed E-state index contributed by atoms with van der Waals surface area (Å²) in [5.41, 5.74) is 8.54. The first-order valence-electron chi connectivity index (χ1n) is 5.86. The van der Waals surface area contributed by atoms with Gasteiger partial charge < -0.3 is 10.3 Å². The number of benzene rings is 1. The van der Waals surface area contributed by atoms with Crippen LogP contribution in [0, 0.1) is 12.8 Å². The molecule has 0 spiro atoms. The monoisotopic (exact) mass is 229 g/mol. The van der Waals surface area contributed by atoms with Gasteiger partial charge in [-0.3, -0.25) is 0 Å². The van der Waals surface area contributed by atoms with E-state index in [1.165, 1.54) is 0 Å². The normalized spacial score (nSPS) is 22.7. The maximum Gasteiger partial charge on any atom is 0.258 e. The number of nitrogens with two attached hydrogens (primary N) is 1. The Hall–Kier alpha value is -1.84. The SMILES string of the molecule is Cc1c(N)cccc1-c1nc(C2CC2C)no1. The molecule has 1 saturated carbocycles. The smallest absolute Gasteiger partial charge is 0.258 e. The van der Waals surface area contributed by atoms with Gasteiger partial charge in [0.1, 0.15) is 0 Å². The Morgan fingerprint density at radius 1 is 1.41 bits per heavy atom. The lowest BCUT2D eigenvalue weighted by molar-refractivity contribution is 0.422. The minimum atomic E-state index is 0.480. The van der Waals surface area contributed by atoms with Crippen LogP contribution >= 0.6 is 0 Å². The fraction of sp³-hybridized carbons (Fsp3) is 0.385. The summed E-state index contributed by atoms with van der Waals surface area (Å²) >= 11 is 0. The van der Waals surface area contributed by atoms with E-state index < -0.39 is 0 Å². The molecule has 4 nitrogen and oxygen atoms in total. The lowest BCUT2D eigenvalue weighted by Gasteiger charge is -2.02. The van der Waals surface area contributed by atoms with E-state index in [-0.39, 0.29) is 0 Å². The van der Waals surface area contributed by atoms with Gasteiger partial charge in [0.25, 0.3) is 5.89 Å². The van der Waals surface area contributed by atoms with Crippen molar-refractivity contribution in [3.8, 4) is 11.5 Å². The summed E-state index contributed by atoms with van der Waals surface area (Å²) in [6.45, 7) is 4.17. The van der Waals surface area contributed by atoms with Gasteiger partial charge in [-0.05, 0) is 37.0 Å². The van der Waals surface area contributed by atoms with E-state index >= 15 is 0 Å². The van der Waals surface area contributed by atoms with Crippen molar-refractivity contribution < 1.29 is 4.52 Å². The molecular formula is C13H15N3O. The van der Waals surface area contributed by atoms with Crippen molar-refractivity contribution in [3.05, 3.63) is 29.6 Å². The topological polar surface area (TPSA) is 64.9 Å². The molecule has 3 rings (SSSR count). The number of aromatic nitrogens is 2. The van der Waals surface area contributed by atoms with E-state index in [4.69, 9.17) is 10.3 Å². The molecule has 2 aromatic rings. The number of hydrogen-bond acceptors (Lipinski definition) is 4. The third-order valence-corrected chi connectivity index (χ3v) is 3.49. The first kappa shape index (κ1) is 10.3. The zero-order valence-electron chi connectivity index (χ0n) is 9.97. The molecule has 88 valence electrons. The van der Waals surface area contributed by atoms with E-state index in [2.05, 4.69) is 17.1 Å². The standard InChI is InChI=1S/C13H15N3O/c1-7-6-10(7)12-15-13(17-16-12)9-4-3-5-11(14)8(9)2/h3-5,7,10H,6,14H2,1-2H3. The lowest BCUT2D eigenvalue weighted by atomic mass is 10.1. The maximum absolute atomic E-state index is 5.87. The maximum atomic E-state index is 5.87. The van der Waals surface area contributed by atoms with Crippen LogP contribution in [-0.2, 0) is 0 Å². The van der Waals surface area contributed by atoms with Crippen LogP contribution in [0.3, 0.4) is 0 Å². The fourth-order valence-electron chi connectivity index (χ4n) is 2.06. The van der Waals surface area contributed by atoms with E-state index in [9.17, 15) is 0 Å². The Morgan fingerprint density at radius 3 is 2.88 bits per heavy atom. The van der Waals surface area contributed by atoms with Crippen molar-refractivity contribution in [1.29, 1.82) is 0 Å². The van der Waals surface area contributed by atoms with E-state index in [0.717, 1.165) is 29.1 Å². The molecule has 0 bridgehead atoms. The average Bonchev–Trinajstić information content (AvgIpc) is 2.86. The molecule has 0 saturated heterocycles. The lowest BCUT2D eigenvalue weighted by Crippen LogP contribution is -1.92. The number of hydrogen-bond donors (Lipinski definition) is 1. The van der Waals surface area contributed by atoms with Crippen LogP contribution < -0.4 is 5.73 Å². The molecule has 0 aliphatic heterocycles. The second-order valence-corrected chi connectivity index (χ2v) is 4.80. The highest BCUT2D eigenvalue weighted by Crippen LogP contribution is 2.45. The number of rotatable bonds is 2. The quantitative estimate of drug-likeness (QED) is 0.804. The van der Waals surface area contributed by atoms with E-state index in [1.807, 2.05) is 25.1 Å². The zero-order valence-corrected chi connectivity index (χ0v) is 9.97. The first-order chi connectivity index (χ1) is 8.16. The second-order valence-electron chi connectivity index (χ2n) is 4.80. The molecule has 0 amide bonds. The summed E-state index contributed by atoms with van der Waals surface area (Å²) in [4.78, 5) is 4.46. The largest absolute Gasteiger partial charge is 0.398 e. The third kappa shape index (κ3) is 1.69. The predicted molar refractivity (Wildman–Crippen MR) is 65.4 cm³/mol. The van der Waals surface area contributed by atoms with Crippen LogP contribution in [0.4, 0.5) is 5.69 Å². The molecule has 4 heteroatoms. The van der Waals surface area contributed by atoms with Gasteiger partial charge in [-0.2, -0.15) is 4.98 Å². The van der Waals surface area contributed by atoms with Gasteiger partial charge >= 0.3 is 0 Å². The van der Waals surface area contributed by atoms with Crippen LogP contribution in [0.1, 0.15) is 30.7 Å². The van der Waals surface area contributed by atoms with E-state index in [0.29, 0.717) is 17.7 Å². The molecule has 1 aliphatic carbocycles. The molecule has 0 radical (unpaired) electrons. The molecule has 1 aromatic carbocycles. The minimum Gasteiger partial charge on any atom is -0.398 e. The molecule has 2 N–H and O–H groups in total. The number of nitrogens with zero attached hydrogens (tertiary/aromatic N) is 2. The summed E-state index contributed by atoms with van der Waals surface area (Å²) in [6.07, 6.45) is 1.16. The Morgan fingerprint density at radius 2 is 2.18 bits per heavy atom. The Bertz CT molecular complexity index is 562. The summed E-state index contributed by atoms with van der Waals surface area (Å²) in [5.74, 6) is 2.56. The van der Waals surface area contributed by atoms with Crippen LogP contribution in [0.15, 0.2) is 22.7 Å². The summed E-state index contributed by atoms with van der Waals surface area (Å²) < 4.78 is 5.32. The van der Waals surface area contributed by atoms with E-state index in [1.54, 1.807) is 0 Å². The minimum absolute atomic E-state index is 0.480. The van der Waals surface area contributed by atoms with Crippen molar-refractivity contribution in [3.63, 3.8) is 0 Å². The van der Waals surface area contributed by atoms with Crippen LogP contribution in [-0.4, -0.2) is 10.1 Å². The zero-order chi connectivity index (χ0) is 12.0. The highest BCUT2D eigenvalue weighted by Gasteiger charge is 2.38. The average molecular weight is 229 g/mol. The summed E-state index contributed by atoms with van der Waals surface area (Å²) in [5, 5.41) is 4.05. The molecular weight excluding hydrogens is 214 g/mol. The highest BCUT2D eigenvalue weighted by molar-refractivity contribution is 5.66. The van der Waals surface area contributed by atoms with Crippen LogP contribution in [0.2, 0.25) is 0 Å². The molecule has 17 heavy (non-hydrogen) atoms. The van der Waals surface area contributed by atoms with Crippen molar-refractivity contribution in [2.24, 2.45) is 5.92 Å². The van der Waals surface area contributed by atoms with Gasteiger partial charge in [0.05, 0.1) is 0 Å². The van der Waals surface area contributed by atoms with Crippen molar-refractivity contribution in [2.75, 3.05) is 5.73 Å². The highest BCUT2D eigenvalue weighted by atomic mass is 16.5. The third-order valence-electron chi connectivity index (χ3n) is 3.49. The number of anilines is 1. The van der Waals surface area contributed by atoms with Crippen molar-refractivity contribution in [2.45, 2.75) is 26.2 Å². The second kappa shape index (κ2) is 3.58. The van der Waals surface area contributed by atoms with Crippen LogP contribution in [0.5, 0.6) is 0 Å². The Labute approximate surface area is 99.8 Å². The number of nitrogen functional groups attached to an aromatic ring is 1. The van der Waals surface area contributed by atoms with Gasteiger partial charge in [0.15, 0.2) is 5.82 Å². The van der Waals surface area contributed by atoms with Crippen LogP contribution in [0.25, 0.3) is 11.5 Å². The first-order valence-corrected chi connectivity index (χ1v) is 5.86. The molecule has 1 aliphatic rings. The summed E-state index contributed by atoms with van der Waals surface area (Å²) in [7, 11) is 0. The predicted octanol–water partition coefficient (Wildman–Crippen LogP) is 2.75. The van der Waals surface area contributed by atoms with Gasteiger partial charge in [0, 0.05) is 17.2 Å². The van der Waals surface area contributed by atoms with Crippen molar-refractivity contribution >= 4 is 5.69 Å². The van der Waals surface area contributed by atoms with Gasteiger partial charge in [-0.15, -0.1) is 0 Å². The summed E-state index contributed by atoms with van der Waals surface area (Å²) in [6, 6.07) is 5.74. The molecule has 1 fully saturated rings. The van der Waals surface area contributed by atoms with Gasteiger partial charge in [0.2, 0.25) is 0 Å². The Balaban J connectivity index is 1.98. The Kier molecular flexibility index (Phi) is 2.18. The molecule has 1 aromatic heterocycles.